The summed E-state index contributed by atoms with van der Waals surface area (Å²) in [5, 5.41) is 11.9. The molecular formula is C78H54N2. The van der Waals surface area contributed by atoms with Gasteiger partial charge in [0.25, 0.3) is 0 Å². The highest BCUT2D eigenvalue weighted by Gasteiger charge is 2.26. The van der Waals surface area contributed by atoms with Crippen molar-refractivity contribution in [3.05, 3.63) is 314 Å². The maximum Gasteiger partial charge on any atom is 0.0540 e. The van der Waals surface area contributed by atoms with Gasteiger partial charge in [0.1, 0.15) is 0 Å². The molecule has 80 heavy (non-hydrogen) atoms. The van der Waals surface area contributed by atoms with Crippen molar-refractivity contribution >= 4 is 88.0 Å². The molecule has 0 unspecified atom stereocenters. The molecule has 2 nitrogen and oxygen atoms in total. The highest BCUT2D eigenvalue weighted by molar-refractivity contribution is 6.23. The Kier molecular flexibility index (Phi) is 11.7. The summed E-state index contributed by atoms with van der Waals surface area (Å²) in [6.45, 7) is 0. The number of nitrogens with zero attached hydrogens (tertiary/aromatic N) is 2. The van der Waals surface area contributed by atoms with E-state index in [1.54, 1.807) is 0 Å². The predicted octanol–water partition coefficient (Wildman–Crippen LogP) is 21.7. The van der Waals surface area contributed by atoms with Gasteiger partial charge in [-0.3, -0.25) is 0 Å². The zero-order chi connectivity index (χ0) is 52.9. The fourth-order valence-corrected chi connectivity index (χ4v) is 12.7. The molecule has 0 saturated carbocycles. The van der Waals surface area contributed by atoms with Crippen molar-refractivity contribution in [3.8, 4) is 44.5 Å². The van der Waals surface area contributed by atoms with Gasteiger partial charge in [0, 0.05) is 38.8 Å². The average Bonchev–Trinajstić information content (AvgIpc) is 3.70. The maximum absolute atomic E-state index is 2.54. The highest BCUT2D eigenvalue weighted by Crippen LogP contribution is 2.51. The second-order valence-electron chi connectivity index (χ2n) is 21.0. The van der Waals surface area contributed by atoms with E-state index < -0.39 is 0 Å². The first-order valence-electron chi connectivity index (χ1n) is 27.9. The van der Waals surface area contributed by atoms with Crippen LogP contribution >= 0.6 is 0 Å². The van der Waals surface area contributed by atoms with Gasteiger partial charge in [-0.1, -0.05) is 261 Å². The van der Waals surface area contributed by atoms with E-state index in [0.717, 1.165) is 52.4 Å². The van der Waals surface area contributed by atoms with E-state index in [0.29, 0.717) is 0 Å². The van der Waals surface area contributed by atoms with E-state index in [4.69, 9.17) is 0 Å². The molecule has 15 rings (SSSR count). The molecule has 14 aromatic carbocycles. The average molecular weight is 1020 g/mol. The van der Waals surface area contributed by atoms with Crippen molar-refractivity contribution in [2.24, 2.45) is 0 Å². The third-order valence-electron chi connectivity index (χ3n) is 16.5. The number of fused-ring (bicyclic) bond motifs is 6. The summed E-state index contributed by atoms with van der Waals surface area (Å²) in [7, 11) is 0. The van der Waals surface area contributed by atoms with Crippen LogP contribution in [0.4, 0.5) is 28.4 Å². The zero-order valence-electron chi connectivity index (χ0n) is 44.2. The highest BCUT2D eigenvalue weighted by atomic mass is 15.2. The summed E-state index contributed by atoms with van der Waals surface area (Å²) >= 11 is 0. The molecule has 0 amide bonds. The van der Waals surface area contributed by atoms with Crippen LogP contribution in [-0.2, 0) is 6.42 Å². The lowest BCUT2D eigenvalue weighted by Crippen LogP contribution is -2.19. The molecule has 376 valence electrons. The standard InChI is InChI=1S/C78H54N2/c1-3-19-53(20-4-1)55-39-43-61(44-40-55)77-69-49-47-64(80(75-37-17-29-59-25-9-13-33-67(59)75)76-38-18-30-60-26-10-14-34-68(60)76)52-72(69)78(62-45-41-56(42-46-62)54-21-5-2-6-22-54)70-50-48-63(51-71(70)77)79(73-35-15-27-57-23-7-11-31-65(57)73)74-36-16-28-58-24-8-12-32-66(58)74/h1-17,19-29,31-52H,18,30H2. The lowest BCUT2D eigenvalue weighted by Gasteiger charge is -2.33. The smallest absolute Gasteiger partial charge is 0.0540 e. The molecule has 1 aliphatic carbocycles. The number of anilines is 5. The van der Waals surface area contributed by atoms with Gasteiger partial charge < -0.3 is 9.80 Å². The molecule has 2 heteroatoms. The topological polar surface area (TPSA) is 6.48 Å². The Bertz CT molecular complexity index is 4600. The van der Waals surface area contributed by atoms with Crippen LogP contribution in [-0.4, -0.2) is 0 Å². The first-order valence-corrected chi connectivity index (χ1v) is 27.9. The minimum Gasteiger partial charge on any atom is -0.310 e. The monoisotopic (exact) mass is 1020 g/mol. The SMILES string of the molecule is C1=C(N(c2ccc3c(-c4ccc(-c5ccccc5)cc4)c4cc(N(c5cccc6ccccc56)c5cccc6ccccc56)ccc4c(-c4ccc(-c5ccccc5)cc4)c3c2)c2cccc3ccccc23)c2ccccc2CC1. The van der Waals surface area contributed by atoms with Gasteiger partial charge in [0.05, 0.1) is 17.1 Å². The summed E-state index contributed by atoms with van der Waals surface area (Å²) < 4.78 is 0. The third-order valence-corrected chi connectivity index (χ3v) is 16.5. The van der Waals surface area contributed by atoms with Gasteiger partial charge in [-0.15, -0.1) is 0 Å². The molecule has 1 aliphatic rings. The van der Waals surface area contributed by atoms with Gasteiger partial charge in [-0.05, 0) is 143 Å². The largest absolute Gasteiger partial charge is 0.310 e. The Balaban J connectivity index is 1.05. The Morgan fingerprint density at radius 2 is 0.625 bits per heavy atom. The molecule has 0 N–H and O–H groups in total. The quantitative estimate of drug-likeness (QED) is 0.126. The normalized spacial score (nSPS) is 12.2. The fourth-order valence-electron chi connectivity index (χ4n) is 12.7. The van der Waals surface area contributed by atoms with Crippen LogP contribution in [0.1, 0.15) is 17.5 Å². The molecule has 0 aliphatic heterocycles. The number of hydrogen-bond acceptors (Lipinski definition) is 2. The Labute approximate surface area is 467 Å². The molecule has 0 saturated heterocycles. The van der Waals surface area contributed by atoms with E-state index in [-0.39, 0.29) is 0 Å². The summed E-state index contributed by atoms with van der Waals surface area (Å²) in [4.78, 5) is 5.03. The van der Waals surface area contributed by atoms with E-state index in [1.165, 1.54) is 104 Å². The fraction of sp³-hybridized carbons (Fsp3) is 0.0256. The molecule has 0 aromatic heterocycles. The van der Waals surface area contributed by atoms with Crippen molar-refractivity contribution in [2.75, 3.05) is 9.80 Å². The van der Waals surface area contributed by atoms with Crippen LogP contribution in [0, 0.1) is 0 Å². The summed E-state index contributed by atoms with van der Waals surface area (Å²) in [5.41, 5.74) is 18.9. The second-order valence-corrected chi connectivity index (χ2v) is 21.0. The number of hydrogen-bond donors (Lipinski definition) is 0. The van der Waals surface area contributed by atoms with Crippen LogP contribution in [0.2, 0.25) is 0 Å². The van der Waals surface area contributed by atoms with E-state index in [1.807, 2.05) is 0 Å². The van der Waals surface area contributed by atoms with E-state index in [2.05, 4.69) is 313 Å². The second kappa shape index (κ2) is 19.9. The van der Waals surface area contributed by atoms with Crippen molar-refractivity contribution < 1.29 is 0 Å². The van der Waals surface area contributed by atoms with Gasteiger partial charge >= 0.3 is 0 Å². The third kappa shape index (κ3) is 8.20. The van der Waals surface area contributed by atoms with E-state index in [9.17, 15) is 0 Å². The minimum atomic E-state index is 0.963. The van der Waals surface area contributed by atoms with Crippen LogP contribution < -0.4 is 9.80 Å². The Hall–Kier alpha value is -10.3. The molecule has 0 spiro atoms. The molecule has 0 atom stereocenters. The van der Waals surface area contributed by atoms with Gasteiger partial charge in [0.2, 0.25) is 0 Å². The van der Waals surface area contributed by atoms with Crippen LogP contribution in [0.15, 0.2) is 303 Å². The van der Waals surface area contributed by atoms with Gasteiger partial charge in [0.15, 0.2) is 0 Å². The summed E-state index contributed by atoms with van der Waals surface area (Å²) in [5.74, 6) is 0. The maximum atomic E-state index is 2.54. The number of allylic oxidation sites excluding steroid dienone is 1. The van der Waals surface area contributed by atoms with Crippen LogP contribution in [0.5, 0.6) is 0 Å². The predicted molar refractivity (Wildman–Crippen MR) is 342 cm³/mol. The molecular weight excluding hydrogens is 965 g/mol. The van der Waals surface area contributed by atoms with Gasteiger partial charge in [-0.2, -0.15) is 0 Å². The lowest BCUT2D eigenvalue weighted by molar-refractivity contribution is 0.968. The number of aryl methyl sites for hydroxylation is 1. The van der Waals surface area contributed by atoms with Crippen molar-refractivity contribution in [3.63, 3.8) is 0 Å². The molecule has 14 aromatic rings. The lowest BCUT2D eigenvalue weighted by atomic mass is 9.84. The van der Waals surface area contributed by atoms with Crippen LogP contribution in [0.25, 0.3) is 104 Å². The molecule has 0 heterocycles. The summed E-state index contributed by atoms with van der Waals surface area (Å²) in [6.07, 6.45) is 4.43. The molecule has 0 fully saturated rings. The molecule has 0 bridgehead atoms. The van der Waals surface area contributed by atoms with Crippen LogP contribution in [0.3, 0.4) is 0 Å². The number of benzene rings is 14. The Morgan fingerprint density at radius 3 is 1.11 bits per heavy atom. The molecule has 0 radical (unpaired) electrons. The van der Waals surface area contributed by atoms with Crippen molar-refractivity contribution in [1.29, 1.82) is 0 Å². The minimum absolute atomic E-state index is 0.963. The van der Waals surface area contributed by atoms with Gasteiger partial charge in [-0.25, -0.2) is 0 Å². The first kappa shape index (κ1) is 47.0. The summed E-state index contributed by atoms with van der Waals surface area (Å²) in [6, 6.07) is 110. The van der Waals surface area contributed by atoms with Crippen molar-refractivity contribution in [1.82, 2.24) is 0 Å². The first-order chi connectivity index (χ1) is 39.7. The zero-order valence-corrected chi connectivity index (χ0v) is 44.2. The van der Waals surface area contributed by atoms with E-state index >= 15 is 0 Å². The Morgan fingerprint density at radius 1 is 0.250 bits per heavy atom. The van der Waals surface area contributed by atoms with Crippen molar-refractivity contribution in [2.45, 2.75) is 12.8 Å². The number of rotatable bonds is 10.